The molecule has 0 saturated carbocycles. The van der Waals surface area contributed by atoms with Crippen LogP contribution in [0.25, 0.3) is 0 Å². The molecule has 0 aromatic carbocycles. The van der Waals surface area contributed by atoms with Crippen LogP contribution in [0.2, 0.25) is 0 Å². The van der Waals surface area contributed by atoms with E-state index in [2.05, 4.69) is 10.3 Å². The van der Waals surface area contributed by atoms with Gasteiger partial charge in [-0.05, 0) is 26.0 Å². The second-order valence-corrected chi connectivity index (χ2v) is 4.47. The maximum Gasteiger partial charge on any atom is 0.406 e. The molecule has 1 aromatic heterocycles. The molecule has 7 heteroatoms. The van der Waals surface area contributed by atoms with Crippen molar-refractivity contribution in [2.24, 2.45) is 0 Å². The molecule has 1 rings (SSSR count). The number of carbonyl (C=O) groups is 1. The summed E-state index contributed by atoms with van der Waals surface area (Å²) in [6, 6.07) is 2.99. The fourth-order valence-corrected chi connectivity index (χ4v) is 1.51. The quantitative estimate of drug-likeness (QED) is 0.918. The minimum Gasteiger partial charge on any atom is -0.367 e. The van der Waals surface area contributed by atoms with Crippen molar-refractivity contribution in [1.82, 2.24) is 9.88 Å². The highest BCUT2D eigenvalue weighted by Gasteiger charge is 2.32. The lowest BCUT2D eigenvalue weighted by Gasteiger charge is -2.20. The zero-order valence-electron chi connectivity index (χ0n) is 11.0. The minimum absolute atomic E-state index is 0.0226. The van der Waals surface area contributed by atoms with E-state index in [-0.39, 0.29) is 17.4 Å². The summed E-state index contributed by atoms with van der Waals surface area (Å²) in [5.74, 6) is -0.426. The van der Waals surface area contributed by atoms with E-state index in [1.165, 1.54) is 18.3 Å². The molecule has 0 fully saturated rings. The third-order valence-electron chi connectivity index (χ3n) is 2.23. The first-order valence-electron chi connectivity index (χ1n) is 5.74. The van der Waals surface area contributed by atoms with Crippen LogP contribution in [0.1, 0.15) is 24.2 Å². The average molecular weight is 275 g/mol. The third-order valence-corrected chi connectivity index (χ3v) is 2.23. The van der Waals surface area contributed by atoms with E-state index >= 15 is 0 Å². The van der Waals surface area contributed by atoms with Gasteiger partial charge in [0.15, 0.2) is 0 Å². The summed E-state index contributed by atoms with van der Waals surface area (Å²) in [5.41, 5.74) is 0.128. The number of hydrogen-bond donors (Lipinski definition) is 1. The van der Waals surface area contributed by atoms with Gasteiger partial charge in [-0.2, -0.15) is 13.2 Å². The number of halogens is 3. The van der Waals surface area contributed by atoms with Gasteiger partial charge in [-0.25, -0.2) is 4.98 Å². The molecule has 0 unspecified atom stereocenters. The summed E-state index contributed by atoms with van der Waals surface area (Å²) in [6.07, 6.45) is -2.94. The van der Waals surface area contributed by atoms with Crippen molar-refractivity contribution in [3.8, 4) is 0 Å². The van der Waals surface area contributed by atoms with Crippen molar-refractivity contribution in [1.29, 1.82) is 0 Å². The van der Waals surface area contributed by atoms with Gasteiger partial charge in [0, 0.05) is 19.3 Å². The van der Waals surface area contributed by atoms with Gasteiger partial charge in [0.2, 0.25) is 0 Å². The Kier molecular flexibility index (Phi) is 4.74. The smallest absolute Gasteiger partial charge is 0.367 e. The molecule has 1 amide bonds. The SMILES string of the molecule is CC(C)Nc1ncccc1C(=O)N(C)CC(F)(F)F. The number of hydrogen-bond acceptors (Lipinski definition) is 3. The molecule has 1 N–H and O–H groups in total. The van der Waals surface area contributed by atoms with Gasteiger partial charge < -0.3 is 10.2 Å². The van der Waals surface area contributed by atoms with E-state index in [0.717, 1.165) is 7.05 Å². The molecule has 0 radical (unpaired) electrons. The van der Waals surface area contributed by atoms with Crippen molar-refractivity contribution in [3.63, 3.8) is 0 Å². The first kappa shape index (κ1) is 15.3. The first-order valence-corrected chi connectivity index (χ1v) is 5.74. The van der Waals surface area contributed by atoms with Crippen LogP contribution in [0.4, 0.5) is 19.0 Å². The molecule has 0 aliphatic rings. The predicted molar refractivity (Wildman–Crippen MR) is 66.0 cm³/mol. The predicted octanol–water partition coefficient (Wildman–Crippen LogP) is 2.54. The highest BCUT2D eigenvalue weighted by Crippen LogP contribution is 2.19. The Bertz CT molecular complexity index is 446. The summed E-state index contributed by atoms with van der Waals surface area (Å²) in [6.45, 7) is 2.41. The number of amides is 1. The number of aromatic nitrogens is 1. The lowest BCUT2D eigenvalue weighted by atomic mass is 10.2. The van der Waals surface area contributed by atoms with Gasteiger partial charge in [-0.3, -0.25) is 4.79 Å². The zero-order valence-corrected chi connectivity index (χ0v) is 11.0. The number of pyridine rings is 1. The molecule has 1 heterocycles. The van der Waals surface area contributed by atoms with Gasteiger partial charge in [-0.15, -0.1) is 0 Å². The van der Waals surface area contributed by atoms with Crippen molar-refractivity contribution in [3.05, 3.63) is 23.9 Å². The van der Waals surface area contributed by atoms with E-state index in [4.69, 9.17) is 0 Å². The van der Waals surface area contributed by atoms with Gasteiger partial charge in [0.25, 0.3) is 5.91 Å². The number of alkyl halides is 3. The Morgan fingerprint density at radius 1 is 1.47 bits per heavy atom. The molecule has 1 aromatic rings. The highest BCUT2D eigenvalue weighted by atomic mass is 19.4. The molecule has 4 nitrogen and oxygen atoms in total. The summed E-state index contributed by atoms with van der Waals surface area (Å²) in [5, 5.41) is 2.93. The van der Waals surface area contributed by atoms with E-state index in [1.54, 1.807) is 0 Å². The van der Waals surface area contributed by atoms with Crippen LogP contribution in [0.5, 0.6) is 0 Å². The van der Waals surface area contributed by atoms with Gasteiger partial charge in [-0.1, -0.05) is 0 Å². The van der Waals surface area contributed by atoms with Crippen molar-refractivity contribution in [2.75, 3.05) is 18.9 Å². The Hall–Kier alpha value is -1.79. The largest absolute Gasteiger partial charge is 0.406 e. The number of anilines is 1. The maximum absolute atomic E-state index is 12.3. The highest BCUT2D eigenvalue weighted by molar-refractivity contribution is 5.98. The first-order chi connectivity index (χ1) is 8.70. The molecule has 0 aliphatic carbocycles. The summed E-state index contributed by atoms with van der Waals surface area (Å²) in [7, 11) is 1.11. The molecule has 106 valence electrons. The Balaban J connectivity index is 2.93. The van der Waals surface area contributed by atoms with E-state index in [0.29, 0.717) is 4.90 Å². The van der Waals surface area contributed by atoms with Gasteiger partial charge >= 0.3 is 6.18 Å². The fraction of sp³-hybridized carbons (Fsp3) is 0.500. The standard InChI is InChI=1S/C12H16F3N3O/c1-8(2)17-10-9(5-4-6-16-10)11(19)18(3)7-12(13,14)15/h4-6,8H,7H2,1-3H3,(H,16,17). The summed E-state index contributed by atoms with van der Waals surface area (Å²) >= 11 is 0. The lowest BCUT2D eigenvalue weighted by Crippen LogP contribution is -2.36. The van der Waals surface area contributed by atoms with Crippen LogP contribution in [0, 0.1) is 0 Å². The molecule has 0 atom stereocenters. The maximum atomic E-state index is 12.3. The van der Waals surface area contributed by atoms with Gasteiger partial charge in [0.05, 0.1) is 5.56 Å². The molecule has 0 saturated heterocycles. The Labute approximate surface area is 109 Å². The Morgan fingerprint density at radius 2 is 2.11 bits per heavy atom. The second-order valence-electron chi connectivity index (χ2n) is 4.47. The lowest BCUT2D eigenvalue weighted by molar-refractivity contribution is -0.138. The molecule has 19 heavy (non-hydrogen) atoms. The molecule has 0 spiro atoms. The third kappa shape index (κ3) is 4.76. The minimum atomic E-state index is -4.42. The van der Waals surface area contributed by atoms with Crippen molar-refractivity contribution >= 4 is 11.7 Å². The van der Waals surface area contributed by atoms with Crippen LogP contribution in [0.15, 0.2) is 18.3 Å². The van der Waals surface area contributed by atoms with E-state index in [1.807, 2.05) is 13.8 Å². The van der Waals surface area contributed by atoms with Gasteiger partial charge in [0.1, 0.15) is 12.4 Å². The molecular formula is C12H16F3N3O. The van der Waals surface area contributed by atoms with Crippen LogP contribution < -0.4 is 5.32 Å². The van der Waals surface area contributed by atoms with Crippen LogP contribution in [-0.2, 0) is 0 Å². The second kappa shape index (κ2) is 5.90. The average Bonchev–Trinajstić information content (AvgIpc) is 2.25. The molecule has 0 bridgehead atoms. The monoisotopic (exact) mass is 275 g/mol. The van der Waals surface area contributed by atoms with Crippen molar-refractivity contribution < 1.29 is 18.0 Å². The van der Waals surface area contributed by atoms with E-state index in [9.17, 15) is 18.0 Å². The fourth-order valence-electron chi connectivity index (χ4n) is 1.51. The number of carbonyl (C=O) groups excluding carboxylic acids is 1. The van der Waals surface area contributed by atoms with Crippen LogP contribution >= 0.6 is 0 Å². The summed E-state index contributed by atoms with van der Waals surface area (Å²) in [4.78, 5) is 16.6. The number of rotatable bonds is 4. The van der Waals surface area contributed by atoms with E-state index < -0.39 is 18.6 Å². The van der Waals surface area contributed by atoms with Crippen LogP contribution in [-0.4, -0.2) is 41.6 Å². The molecule has 0 aliphatic heterocycles. The van der Waals surface area contributed by atoms with Crippen LogP contribution in [0.3, 0.4) is 0 Å². The number of nitrogens with zero attached hydrogens (tertiary/aromatic N) is 2. The zero-order chi connectivity index (χ0) is 14.6. The Morgan fingerprint density at radius 3 is 2.63 bits per heavy atom. The molecular weight excluding hydrogens is 259 g/mol. The normalized spacial score (nSPS) is 11.5. The number of nitrogens with one attached hydrogen (secondary N) is 1. The topological polar surface area (TPSA) is 45.2 Å². The van der Waals surface area contributed by atoms with Crippen molar-refractivity contribution in [2.45, 2.75) is 26.1 Å². The summed E-state index contributed by atoms with van der Waals surface area (Å²) < 4.78 is 36.8.